The van der Waals surface area contributed by atoms with Gasteiger partial charge in [0.2, 0.25) is 0 Å². The number of benzene rings is 1. The molecule has 1 aromatic carbocycles. The Balaban J connectivity index is 2.18. The van der Waals surface area contributed by atoms with Gasteiger partial charge in [0, 0.05) is 23.9 Å². The molecule has 0 aromatic heterocycles. The van der Waals surface area contributed by atoms with Crippen molar-refractivity contribution in [3.63, 3.8) is 0 Å². The molecule has 0 atom stereocenters. The maximum atomic E-state index is 10.9. The van der Waals surface area contributed by atoms with E-state index in [0.717, 1.165) is 18.5 Å². The normalized spacial score (nSPS) is 15.6. The highest BCUT2D eigenvalue weighted by Gasteiger charge is 2.17. The van der Waals surface area contributed by atoms with Crippen LogP contribution in [0.3, 0.4) is 0 Å². The highest BCUT2D eigenvalue weighted by molar-refractivity contribution is 5.56. The summed E-state index contributed by atoms with van der Waals surface area (Å²) in [5.74, 6) is 0.548. The third-order valence-electron chi connectivity index (χ3n) is 3.14. The first kappa shape index (κ1) is 12.7. The Hall–Kier alpha value is -1.78. The van der Waals surface area contributed by atoms with Gasteiger partial charge in [0.1, 0.15) is 5.75 Å². The first-order valence-corrected chi connectivity index (χ1v) is 6.38. The van der Waals surface area contributed by atoms with E-state index in [1.54, 1.807) is 6.07 Å². The fourth-order valence-electron chi connectivity index (χ4n) is 2.33. The second-order valence-electron chi connectivity index (χ2n) is 4.53. The van der Waals surface area contributed by atoms with Crippen LogP contribution in [-0.2, 0) is 0 Å². The molecule has 0 saturated heterocycles. The minimum Gasteiger partial charge on any atom is -0.494 e. The quantitative estimate of drug-likeness (QED) is 0.643. The van der Waals surface area contributed by atoms with E-state index >= 15 is 0 Å². The molecule has 5 heteroatoms. The number of hydrogen-bond acceptors (Lipinski definition) is 4. The van der Waals surface area contributed by atoms with Gasteiger partial charge in [0.15, 0.2) is 0 Å². The first-order valence-electron chi connectivity index (χ1n) is 6.38. The van der Waals surface area contributed by atoms with Gasteiger partial charge in [-0.25, -0.2) is 0 Å². The standard InChI is InChI=1S/C13H18N2O3/c1-2-18-13-8-11(7-12(9-13)15(16)17)14-10-5-3-4-6-10/h7-10,14H,2-6H2,1H3. The van der Waals surface area contributed by atoms with Crippen LogP contribution in [0.1, 0.15) is 32.6 Å². The summed E-state index contributed by atoms with van der Waals surface area (Å²) >= 11 is 0. The molecule has 0 heterocycles. The highest BCUT2D eigenvalue weighted by atomic mass is 16.6. The van der Waals surface area contributed by atoms with Crippen molar-refractivity contribution in [2.45, 2.75) is 38.6 Å². The van der Waals surface area contributed by atoms with Crippen molar-refractivity contribution in [1.29, 1.82) is 0 Å². The summed E-state index contributed by atoms with van der Waals surface area (Å²) in [7, 11) is 0. The third-order valence-corrected chi connectivity index (χ3v) is 3.14. The number of hydrogen-bond donors (Lipinski definition) is 1. The van der Waals surface area contributed by atoms with Gasteiger partial charge in [-0.2, -0.15) is 0 Å². The van der Waals surface area contributed by atoms with E-state index < -0.39 is 0 Å². The van der Waals surface area contributed by atoms with Gasteiger partial charge in [-0.1, -0.05) is 12.8 Å². The zero-order valence-electron chi connectivity index (χ0n) is 10.5. The van der Waals surface area contributed by atoms with Crippen molar-refractivity contribution in [1.82, 2.24) is 0 Å². The molecule has 0 aliphatic heterocycles. The van der Waals surface area contributed by atoms with E-state index in [2.05, 4.69) is 5.32 Å². The molecule has 18 heavy (non-hydrogen) atoms. The van der Waals surface area contributed by atoms with E-state index in [1.807, 2.05) is 13.0 Å². The fraction of sp³-hybridized carbons (Fsp3) is 0.538. The lowest BCUT2D eigenvalue weighted by molar-refractivity contribution is -0.384. The number of ether oxygens (including phenoxy) is 1. The summed E-state index contributed by atoms with van der Waals surface area (Å²) in [5, 5.41) is 14.2. The number of non-ortho nitro benzene ring substituents is 1. The summed E-state index contributed by atoms with van der Waals surface area (Å²) in [6.07, 6.45) is 4.72. The second-order valence-corrected chi connectivity index (χ2v) is 4.53. The molecule has 5 nitrogen and oxygen atoms in total. The van der Waals surface area contributed by atoms with Crippen molar-refractivity contribution in [3.8, 4) is 5.75 Å². The van der Waals surface area contributed by atoms with Crippen LogP contribution in [0.15, 0.2) is 18.2 Å². The summed E-state index contributed by atoms with van der Waals surface area (Å²) in [5.41, 5.74) is 0.848. The van der Waals surface area contributed by atoms with Crippen LogP contribution in [-0.4, -0.2) is 17.6 Å². The Morgan fingerprint density at radius 1 is 1.39 bits per heavy atom. The minimum atomic E-state index is -0.387. The monoisotopic (exact) mass is 250 g/mol. The molecule has 98 valence electrons. The van der Waals surface area contributed by atoms with Crippen LogP contribution >= 0.6 is 0 Å². The van der Waals surface area contributed by atoms with Gasteiger partial charge in [-0.15, -0.1) is 0 Å². The maximum Gasteiger partial charge on any atom is 0.275 e. The molecule has 0 unspecified atom stereocenters. The van der Waals surface area contributed by atoms with Crippen LogP contribution in [0.5, 0.6) is 5.75 Å². The molecule has 1 aliphatic rings. The lowest BCUT2D eigenvalue weighted by Crippen LogP contribution is -2.14. The van der Waals surface area contributed by atoms with Crippen molar-refractivity contribution < 1.29 is 9.66 Å². The zero-order chi connectivity index (χ0) is 13.0. The van der Waals surface area contributed by atoms with Crippen molar-refractivity contribution >= 4 is 11.4 Å². The van der Waals surface area contributed by atoms with Crippen molar-refractivity contribution in [3.05, 3.63) is 28.3 Å². The van der Waals surface area contributed by atoms with Gasteiger partial charge < -0.3 is 10.1 Å². The Morgan fingerprint density at radius 2 is 2.11 bits per heavy atom. The van der Waals surface area contributed by atoms with Gasteiger partial charge >= 0.3 is 0 Å². The van der Waals surface area contributed by atoms with E-state index in [4.69, 9.17) is 4.74 Å². The SMILES string of the molecule is CCOc1cc(NC2CCCC2)cc([N+](=O)[O-])c1. The molecule has 1 aromatic rings. The van der Waals surface area contributed by atoms with Crippen molar-refractivity contribution in [2.24, 2.45) is 0 Å². The van der Waals surface area contributed by atoms with Crippen LogP contribution in [0.25, 0.3) is 0 Å². The molecule has 0 radical (unpaired) electrons. The average Bonchev–Trinajstić information content (AvgIpc) is 2.82. The predicted octanol–water partition coefficient (Wildman–Crippen LogP) is 3.35. The molecule has 1 fully saturated rings. The van der Waals surface area contributed by atoms with Crippen molar-refractivity contribution in [2.75, 3.05) is 11.9 Å². The number of nitrogens with zero attached hydrogens (tertiary/aromatic N) is 1. The number of nitro groups is 1. The molecular formula is C13H18N2O3. The Kier molecular flexibility index (Phi) is 4.02. The molecular weight excluding hydrogens is 232 g/mol. The van der Waals surface area contributed by atoms with Crippen LogP contribution in [0.2, 0.25) is 0 Å². The number of anilines is 1. The number of nitro benzene ring substituents is 1. The van der Waals surface area contributed by atoms with Gasteiger partial charge in [-0.05, 0) is 19.8 Å². The molecule has 1 aliphatic carbocycles. The summed E-state index contributed by atoms with van der Waals surface area (Å²) in [6.45, 7) is 2.37. The summed E-state index contributed by atoms with van der Waals surface area (Å²) in [6, 6.07) is 5.29. The largest absolute Gasteiger partial charge is 0.494 e. The van der Waals surface area contributed by atoms with Crippen LogP contribution < -0.4 is 10.1 Å². The molecule has 0 amide bonds. The van der Waals surface area contributed by atoms with E-state index in [1.165, 1.54) is 18.9 Å². The van der Waals surface area contributed by atoms with Gasteiger partial charge in [0.05, 0.1) is 17.6 Å². The summed E-state index contributed by atoms with van der Waals surface area (Å²) in [4.78, 5) is 10.5. The lowest BCUT2D eigenvalue weighted by Gasteiger charge is -2.14. The minimum absolute atomic E-state index is 0.0708. The van der Waals surface area contributed by atoms with Crippen LogP contribution in [0.4, 0.5) is 11.4 Å². The average molecular weight is 250 g/mol. The fourth-order valence-corrected chi connectivity index (χ4v) is 2.33. The topological polar surface area (TPSA) is 64.4 Å². The second kappa shape index (κ2) is 5.71. The Labute approximate surface area is 106 Å². The van der Waals surface area contributed by atoms with E-state index in [0.29, 0.717) is 18.4 Å². The molecule has 0 bridgehead atoms. The zero-order valence-corrected chi connectivity index (χ0v) is 10.5. The lowest BCUT2D eigenvalue weighted by atomic mass is 10.2. The predicted molar refractivity (Wildman–Crippen MR) is 70.1 cm³/mol. The highest BCUT2D eigenvalue weighted by Crippen LogP contribution is 2.29. The molecule has 0 spiro atoms. The Morgan fingerprint density at radius 3 is 2.72 bits per heavy atom. The maximum absolute atomic E-state index is 10.9. The smallest absolute Gasteiger partial charge is 0.275 e. The third kappa shape index (κ3) is 3.12. The van der Waals surface area contributed by atoms with E-state index in [-0.39, 0.29) is 10.6 Å². The number of nitrogens with one attached hydrogen (secondary N) is 1. The summed E-state index contributed by atoms with van der Waals surface area (Å²) < 4.78 is 5.36. The van der Waals surface area contributed by atoms with Gasteiger partial charge in [-0.3, -0.25) is 10.1 Å². The molecule has 1 saturated carbocycles. The number of rotatable bonds is 5. The van der Waals surface area contributed by atoms with Crippen LogP contribution in [0, 0.1) is 10.1 Å². The molecule has 2 rings (SSSR count). The first-order chi connectivity index (χ1) is 8.69. The molecule has 1 N–H and O–H groups in total. The van der Waals surface area contributed by atoms with E-state index in [9.17, 15) is 10.1 Å². The van der Waals surface area contributed by atoms with Gasteiger partial charge in [0.25, 0.3) is 5.69 Å². The Bertz CT molecular complexity index is 428.